The molecule has 0 radical (unpaired) electrons. The molecule has 5 nitrogen and oxygen atoms in total. The van der Waals surface area contributed by atoms with Crippen LogP contribution in [0.25, 0.3) is 6.08 Å². The van der Waals surface area contributed by atoms with Crippen LogP contribution in [0, 0.1) is 0 Å². The van der Waals surface area contributed by atoms with Crippen LogP contribution < -0.4 is 0 Å². The standard InChI is InChI=1S/C11H13NO4S/c1-3-15-9(13)6-5-8-10(12-7-17-8)11(14)16-4-2/h5-7H,3-4H2,1-2H3. The summed E-state index contributed by atoms with van der Waals surface area (Å²) in [5.74, 6) is -0.937. The molecule has 92 valence electrons. The molecule has 0 aliphatic rings. The van der Waals surface area contributed by atoms with Crippen molar-refractivity contribution in [3.05, 3.63) is 22.2 Å². The van der Waals surface area contributed by atoms with Gasteiger partial charge in [-0.3, -0.25) is 0 Å². The Hall–Kier alpha value is -1.69. The Morgan fingerprint density at radius 1 is 1.35 bits per heavy atom. The lowest BCUT2D eigenvalue weighted by Crippen LogP contribution is -2.06. The van der Waals surface area contributed by atoms with Crippen molar-refractivity contribution in [1.29, 1.82) is 0 Å². The fraction of sp³-hybridized carbons (Fsp3) is 0.364. The molecular weight excluding hydrogens is 242 g/mol. The molecule has 1 aromatic rings. The third-order valence-electron chi connectivity index (χ3n) is 1.72. The van der Waals surface area contributed by atoms with Crippen LogP contribution in [0.3, 0.4) is 0 Å². The molecule has 0 aliphatic heterocycles. The van der Waals surface area contributed by atoms with Crippen molar-refractivity contribution >= 4 is 29.4 Å². The van der Waals surface area contributed by atoms with Gasteiger partial charge in [-0.25, -0.2) is 14.6 Å². The predicted molar refractivity (Wildman–Crippen MR) is 63.7 cm³/mol. The molecule has 0 spiro atoms. The number of nitrogens with zero attached hydrogens (tertiary/aromatic N) is 1. The Kier molecular flexibility index (Phi) is 5.35. The van der Waals surface area contributed by atoms with Crippen LogP contribution in [-0.2, 0) is 14.3 Å². The van der Waals surface area contributed by atoms with Crippen LogP contribution in [0.4, 0.5) is 0 Å². The lowest BCUT2D eigenvalue weighted by Gasteiger charge is -1.98. The first-order valence-electron chi connectivity index (χ1n) is 5.14. The molecule has 0 fully saturated rings. The first kappa shape index (κ1) is 13.4. The summed E-state index contributed by atoms with van der Waals surface area (Å²) in [5.41, 5.74) is 1.74. The van der Waals surface area contributed by atoms with E-state index in [-0.39, 0.29) is 12.3 Å². The Bertz CT molecular complexity index is 425. The maximum absolute atomic E-state index is 11.5. The topological polar surface area (TPSA) is 65.5 Å². The van der Waals surface area contributed by atoms with Crippen molar-refractivity contribution in [3.8, 4) is 0 Å². The van der Waals surface area contributed by atoms with Crippen molar-refractivity contribution < 1.29 is 19.1 Å². The Morgan fingerprint density at radius 3 is 2.71 bits per heavy atom. The molecule has 6 heteroatoms. The number of hydrogen-bond donors (Lipinski definition) is 0. The van der Waals surface area contributed by atoms with Gasteiger partial charge < -0.3 is 9.47 Å². The van der Waals surface area contributed by atoms with Gasteiger partial charge in [-0.2, -0.15) is 0 Å². The van der Waals surface area contributed by atoms with E-state index in [2.05, 4.69) is 4.98 Å². The second-order valence-corrected chi connectivity index (χ2v) is 3.76. The van der Waals surface area contributed by atoms with E-state index >= 15 is 0 Å². The number of carbonyl (C=O) groups is 2. The molecule has 1 aromatic heterocycles. The summed E-state index contributed by atoms with van der Waals surface area (Å²) in [5, 5.41) is 0. The summed E-state index contributed by atoms with van der Waals surface area (Å²) in [7, 11) is 0. The van der Waals surface area contributed by atoms with E-state index in [4.69, 9.17) is 9.47 Å². The van der Waals surface area contributed by atoms with Crippen molar-refractivity contribution in [1.82, 2.24) is 4.98 Å². The Labute approximate surface area is 103 Å². The molecule has 1 rings (SSSR count). The minimum atomic E-state index is -0.489. The van der Waals surface area contributed by atoms with Crippen molar-refractivity contribution in [2.45, 2.75) is 13.8 Å². The average Bonchev–Trinajstić information content (AvgIpc) is 2.75. The molecule has 0 bridgehead atoms. The van der Waals surface area contributed by atoms with Crippen molar-refractivity contribution in [2.75, 3.05) is 13.2 Å². The molecule has 0 N–H and O–H groups in total. The number of aromatic nitrogens is 1. The van der Waals surface area contributed by atoms with E-state index in [1.807, 2.05) is 0 Å². The summed E-state index contributed by atoms with van der Waals surface area (Å²) < 4.78 is 9.57. The molecule has 0 saturated heterocycles. The van der Waals surface area contributed by atoms with Gasteiger partial charge in [0, 0.05) is 6.08 Å². The van der Waals surface area contributed by atoms with E-state index in [1.165, 1.54) is 29.0 Å². The summed E-state index contributed by atoms with van der Waals surface area (Å²) in [6, 6.07) is 0. The molecule has 0 amide bonds. The van der Waals surface area contributed by atoms with Gasteiger partial charge in [-0.05, 0) is 19.9 Å². The van der Waals surface area contributed by atoms with Gasteiger partial charge in [-0.1, -0.05) is 0 Å². The quantitative estimate of drug-likeness (QED) is 0.594. The smallest absolute Gasteiger partial charge is 0.358 e. The van der Waals surface area contributed by atoms with E-state index in [9.17, 15) is 9.59 Å². The molecule has 0 aliphatic carbocycles. The number of hydrogen-bond acceptors (Lipinski definition) is 6. The van der Waals surface area contributed by atoms with Crippen LogP contribution in [0.5, 0.6) is 0 Å². The summed E-state index contributed by atoms with van der Waals surface area (Å²) in [6.07, 6.45) is 2.77. The van der Waals surface area contributed by atoms with Crippen LogP contribution in [0.1, 0.15) is 29.2 Å². The zero-order valence-corrected chi connectivity index (χ0v) is 10.5. The second-order valence-electron chi connectivity index (χ2n) is 2.87. The van der Waals surface area contributed by atoms with Gasteiger partial charge in [0.15, 0.2) is 5.69 Å². The van der Waals surface area contributed by atoms with Crippen LogP contribution in [0.2, 0.25) is 0 Å². The molecule has 17 heavy (non-hydrogen) atoms. The highest BCUT2D eigenvalue weighted by Crippen LogP contribution is 2.16. The number of esters is 2. The summed E-state index contributed by atoms with van der Waals surface area (Å²) in [6.45, 7) is 4.05. The van der Waals surface area contributed by atoms with Crippen molar-refractivity contribution in [3.63, 3.8) is 0 Å². The fourth-order valence-corrected chi connectivity index (χ4v) is 1.73. The van der Waals surface area contributed by atoms with Gasteiger partial charge in [-0.15, -0.1) is 11.3 Å². The SMILES string of the molecule is CCOC(=O)C=Cc1scnc1C(=O)OCC. The van der Waals surface area contributed by atoms with Crippen LogP contribution in [0.15, 0.2) is 11.6 Å². The van der Waals surface area contributed by atoms with Crippen molar-refractivity contribution in [2.24, 2.45) is 0 Å². The summed E-state index contributed by atoms with van der Waals surface area (Å²) in [4.78, 5) is 27.1. The number of rotatable bonds is 5. The molecule has 0 aromatic carbocycles. The van der Waals surface area contributed by atoms with E-state index in [0.717, 1.165) is 0 Å². The third-order valence-corrected chi connectivity index (χ3v) is 2.52. The molecule has 0 atom stereocenters. The molecule has 1 heterocycles. The third kappa shape index (κ3) is 3.99. The first-order valence-corrected chi connectivity index (χ1v) is 6.02. The van der Waals surface area contributed by atoms with Gasteiger partial charge in [0.05, 0.1) is 23.6 Å². The largest absolute Gasteiger partial charge is 0.463 e. The summed E-state index contributed by atoms with van der Waals surface area (Å²) >= 11 is 1.26. The highest BCUT2D eigenvalue weighted by molar-refractivity contribution is 7.10. The van der Waals surface area contributed by atoms with E-state index in [0.29, 0.717) is 11.5 Å². The maximum Gasteiger partial charge on any atom is 0.358 e. The van der Waals surface area contributed by atoms with Gasteiger partial charge in [0.1, 0.15) is 0 Å². The number of ether oxygens (including phenoxy) is 2. The first-order chi connectivity index (χ1) is 8.19. The number of carbonyl (C=O) groups excluding carboxylic acids is 2. The normalized spacial score (nSPS) is 10.5. The fourth-order valence-electron chi connectivity index (χ4n) is 1.06. The Morgan fingerprint density at radius 2 is 2.06 bits per heavy atom. The lowest BCUT2D eigenvalue weighted by atomic mass is 10.3. The average molecular weight is 255 g/mol. The molecule has 0 unspecified atom stereocenters. The zero-order valence-electron chi connectivity index (χ0n) is 9.63. The maximum atomic E-state index is 11.5. The van der Waals surface area contributed by atoms with Gasteiger partial charge >= 0.3 is 11.9 Å². The zero-order chi connectivity index (χ0) is 12.7. The molecule has 0 saturated carbocycles. The number of thiazole rings is 1. The molecular formula is C11H13NO4S. The van der Waals surface area contributed by atoms with Gasteiger partial charge in [0.2, 0.25) is 0 Å². The minimum absolute atomic E-state index is 0.220. The van der Waals surface area contributed by atoms with Crippen LogP contribution in [-0.4, -0.2) is 30.1 Å². The van der Waals surface area contributed by atoms with Gasteiger partial charge in [0.25, 0.3) is 0 Å². The monoisotopic (exact) mass is 255 g/mol. The second kappa shape index (κ2) is 6.80. The van der Waals surface area contributed by atoms with E-state index < -0.39 is 11.9 Å². The lowest BCUT2D eigenvalue weighted by molar-refractivity contribution is -0.137. The highest BCUT2D eigenvalue weighted by Gasteiger charge is 2.14. The highest BCUT2D eigenvalue weighted by atomic mass is 32.1. The predicted octanol–water partition coefficient (Wildman–Crippen LogP) is 1.90. The Balaban J connectivity index is 2.75. The van der Waals surface area contributed by atoms with Crippen LogP contribution >= 0.6 is 11.3 Å². The van der Waals surface area contributed by atoms with E-state index in [1.54, 1.807) is 13.8 Å². The minimum Gasteiger partial charge on any atom is -0.463 e.